The Morgan fingerprint density at radius 1 is 1.35 bits per heavy atom. The molecule has 1 aromatic carbocycles. The Hall–Kier alpha value is -1.09. The first-order valence-corrected chi connectivity index (χ1v) is 6.27. The number of methoxy groups -OCH3 is 1. The van der Waals surface area contributed by atoms with E-state index in [0.717, 1.165) is 31.5 Å². The van der Waals surface area contributed by atoms with Gasteiger partial charge in [0.25, 0.3) is 0 Å². The number of benzene rings is 1. The van der Waals surface area contributed by atoms with E-state index in [1.807, 2.05) is 6.07 Å². The van der Waals surface area contributed by atoms with Crippen molar-refractivity contribution in [1.82, 2.24) is 5.32 Å². The zero-order valence-electron chi connectivity index (χ0n) is 10.5. The van der Waals surface area contributed by atoms with Crippen LogP contribution in [0.2, 0.25) is 0 Å². The fraction of sp³-hybridized carbons (Fsp3) is 0.571. The zero-order chi connectivity index (χ0) is 12.3. The van der Waals surface area contributed by atoms with Crippen LogP contribution in [-0.4, -0.2) is 20.2 Å². The molecule has 1 fully saturated rings. The van der Waals surface area contributed by atoms with E-state index in [0.29, 0.717) is 17.6 Å². The van der Waals surface area contributed by atoms with E-state index >= 15 is 0 Å². The van der Waals surface area contributed by atoms with Gasteiger partial charge in [-0.1, -0.05) is 19.1 Å². The van der Waals surface area contributed by atoms with Crippen molar-refractivity contribution in [3.8, 4) is 5.75 Å². The monoisotopic (exact) mass is 237 g/mol. The molecule has 1 N–H and O–H groups in total. The second-order valence-corrected chi connectivity index (χ2v) is 4.74. The molecular formula is C14H20FNO. The largest absolute Gasteiger partial charge is 0.493 e. The van der Waals surface area contributed by atoms with Crippen LogP contribution in [0.15, 0.2) is 18.2 Å². The maximum absolute atomic E-state index is 13.6. The van der Waals surface area contributed by atoms with Crippen LogP contribution in [0.1, 0.15) is 31.2 Å². The molecule has 1 aliphatic heterocycles. The van der Waals surface area contributed by atoms with Crippen molar-refractivity contribution >= 4 is 0 Å². The predicted molar refractivity (Wildman–Crippen MR) is 67.0 cm³/mol. The highest BCUT2D eigenvalue weighted by molar-refractivity contribution is 5.37. The Labute approximate surface area is 102 Å². The van der Waals surface area contributed by atoms with Gasteiger partial charge in [-0.05, 0) is 43.8 Å². The van der Waals surface area contributed by atoms with Gasteiger partial charge in [0.2, 0.25) is 0 Å². The molecule has 0 bridgehead atoms. The van der Waals surface area contributed by atoms with Gasteiger partial charge in [0.15, 0.2) is 11.6 Å². The smallest absolute Gasteiger partial charge is 0.165 e. The average molecular weight is 237 g/mol. The summed E-state index contributed by atoms with van der Waals surface area (Å²) < 4.78 is 18.8. The highest BCUT2D eigenvalue weighted by Gasteiger charge is 2.24. The normalized spacial score (nSPS) is 19.0. The van der Waals surface area contributed by atoms with Crippen molar-refractivity contribution in [3.63, 3.8) is 0 Å². The van der Waals surface area contributed by atoms with Gasteiger partial charge in [-0.3, -0.25) is 0 Å². The van der Waals surface area contributed by atoms with Gasteiger partial charge in [-0.15, -0.1) is 0 Å². The molecule has 94 valence electrons. The van der Waals surface area contributed by atoms with E-state index in [1.165, 1.54) is 13.2 Å². The lowest BCUT2D eigenvalue weighted by Gasteiger charge is -2.29. The summed E-state index contributed by atoms with van der Waals surface area (Å²) in [5.74, 6) is 1.12. The van der Waals surface area contributed by atoms with Crippen molar-refractivity contribution in [2.45, 2.75) is 25.7 Å². The van der Waals surface area contributed by atoms with Crippen LogP contribution in [0.4, 0.5) is 4.39 Å². The number of para-hydroxylation sites is 1. The molecule has 2 rings (SSSR count). The quantitative estimate of drug-likeness (QED) is 0.872. The topological polar surface area (TPSA) is 21.3 Å². The van der Waals surface area contributed by atoms with Gasteiger partial charge in [0.05, 0.1) is 7.11 Å². The van der Waals surface area contributed by atoms with E-state index in [1.54, 1.807) is 6.07 Å². The summed E-state index contributed by atoms with van der Waals surface area (Å²) >= 11 is 0. The molecular weight excluding hydrogens is 217 g/mol. The minimum Gasteiger partial charge on any atom is -0.493 e. The molecule has 1 unspecified atom stereocenters. The molecule has 0 aliphatic carbocycles. The highest BCUT2D eigenvalue weighted by atomic mass is 19.1. The third-order valence-electron chi connectivity index (χ3n) is 3.78. The molecule has 1 saturated heterocycles. The fourth-order valence-electron chi connectivity index (χ4n) is 2.70. The lowest BCUT2D eigenvalue weighted by Crippen LogP contribution is -2.30. The Bertz CT molecular complexity index is 374. The number of ether oxygens (including phenoxy) is 1. The number of halogens is 1. The number of nitrogens with one attached hydrogen (secondary N) is 1. The summed E-state index contributed by atoms with van der Waals surface area (Å²) in [6.07, 6.45) is 2.31. The second kappa shape index (κ2) is 5.50. The van der Waals surface area contributed by atoms with E-state index in [2.05, 4.69) is 12.2 Å². The summed E-state index contributed by atoms with van der Waals surface area (Å²) in [5, 5.41) is 3.36. The van der Waals surface area contributed by atoms with Gasteiger partial charge in [-0.25, -0.2) is 4.39 Å². The predicted octanol–water partition coefficient (Wildman–Crippen LogP) is 2.94. The molecule has 1 atom stereocenters. The van der Waals surface area contributed by atoms with Crippen LogP contribution < -0.4 is 10.1 Å². The summed E-state index contributed by atoms with van der Waals surface area (Å²) in [4.78, 5) is 0. The summed E-state index contributed by atoms with van der Waals surface area (Å²) in [6.45, 7) is 4.30. The van der Waals surface area contributed by atoms with Crippen molar-refractivity contribution in [2.24, 2.45) is 5.92 Å². The molecule has 0 aromatic heterocycles. The minimum absolute atomic E-state index is 0.259. The van der Waals surface area contributed by atoms with E-state index in [4.69, 9.17) is 4.74 Å². The number of rotatable bonds is 3. The molecule has 1 aliphatic rings. The third-order valence-corrected chi connectivity index (χ3v) is 3.78. The van der Waals surface area contributed by atoms with Gasteiger partial charge >= 0.3 is 0 Å². The standard InChI is InChI=1S/C14H20FNO/c1-10(11-6-8-16-9-7-11)12-4-3-5-13(15)14(12)17-2/h3-5,10-11,16H,6-9H2,1-2H3. The second-order valence-electron chi connectivity index (χ2n) is 4.74. The van der Waals surface area contributed by atoms with Crippen LogP contribution in [-0.2, 0) is 0 Å². The van der Waals surface area contributed by atoms with Gasteiger partial charge in [0, 0.05) is 5.56 Å². The van der Waals surface area contributed by atoms with E-state index in [-0.39, 0.29) is 5.82 Å². The third kappa shape index (κ3) is 2.60. The fourth-order valence-corrected chi connectivity index (χ4v) is 2.70. The van der Waals surface area contributed by atoms with Crippen molar-refractivity contribution in [3.05, 3.63) is 29.6 Å². The first-order chi connectivity index (χ1) is 8.24. The van der Waals surface area contributed by atoms with E-state index in [9.17, 15) is 4.39 Å². The van der Waals surface area contributed by atoms with Gasteiger partial charge in [-0.2, -0.15) is 0 Å². The first kappa shape index (κ1) is 12.4. The molecule has 0 spiro atoms. The Balaban J connectivity index is 2.23. The maximum Gasteiger partial charge on any atom is 0.165 e. The molecule has 0 radical (unpaired) electrons. The van der Waals surface area contributed by atoms with Crippen LogP contribution in [0.25, 0.3) is 0 Å². The van der Waals surface area contributed by atoms with Gasteiger partial charge < -0.3 is 10.1 Å². The molecule has 2 nitrogen and oxygen atoms in total. The molecule has 0 saturated carbocycles. The van der Waals surface area contributed by atoms with Crippen LogP contribution in [0.3, 0.4) is 0 Å². The number of hydrogen-bond donors (Lipinski definition) is 1. The Morgan fingerprint density at radius 2 is 2.06 bits per heavy atom. The Kier molecular flexibility index (Phi) is 4.00. The first-order valence-electron chi connectivity index (χ1n) is 6.27. The summed E-state index contributed by atoms with van der Waals surface area (Å²) in [5.41, 5.74) is 0.999. The van der Waals surface area contributed by atoms with E-state index < -0.39 is 0 Å². The zero-order valence-corrected chi connectivity index (χ0v) is 10.5. The summed E-state index contributed by atoms with van der Waals surface area (Å²) in [7, 11) is 1.54. The van der Waals surface area contributed by atoms with Crippen molar-refractivity contribution < 1.29 is 9.13 Å². The van der Waals surface area contributed by atoms with Crippen LogP contribution in [0, 0.1) is 11.7 Å². The van der Waals surface area contributed by atoms with Gasteiger partial charge in [0.1, 0.15) is 0 Å². The summed E-state index contributed by atoms with van der Waals surface area (Å²) in [6, 6.07) is 5.21. The van der Waals surface area contributed by atoms with Crippen molar-refractivity contribution in [2.75, 3.05) is 20.2 Å². The minimum atomic E-state index is -0.259. The number of piperidine rings is 1. The lowest BCUT2D eigenvalue weighted by atomic mass is 9.81. The lowest BCUT2D eigenvalue weighted by molar-refractivity contribution is 0.317. The molecule has 3 heteroatoms. The van der Waals surface area contributed by atoms with Crippen molar-refractivity contribution in [1.29, 1.82) is 0 Å². The molecule has 1 heterocycles. The molecule has 1 aromatic rings. The molecule has 0 amide bonds. The highest BCUT2D eigenvalue weighted by Crippen LogP contribution is 2.36. The average Bonchev–Trinajstić information content (AvgIpc) is 2.38. The maximum atomic E-state index is 13.6. The Morgan fingerprint density at radius 3 is 2.71 bits per heavy atom. The molecule has 17 heavy (non-hydrogen) atoms. The van der Waals surface area contributed by atoms with Crippen LogP contribution >= 0.6 is 0 Å². The SMILES string of the molecule is COc1c(F)cccc1C(C)C1CCNCC1. The van der Waals surface area contributed by atoms with Crippen LogP contribution in [0.5, 0.6) is 5.75 Å². The number of hydrogen-bond acceptors (Lipinski definition) is 2.